The van der Waals surface area contributed by atoms with Crippen LogP contribution in [0.1, 0.15) is 29.4 Å². The van der Waals surface area contributed by atoms with Gasteiger partial charge in [-0.15, -0.1) is 0 Å². The standard InChI is InChI=1S/C17H25N7O/c1-21-13-15(12-19-21)22-7-9-23(10-8-22)17(25)16-4-6-24(20-16)14-3-2-5-18-11-14/h4,6,12-14,18H,2-3,5,7-11H2,1H3. The fourth-order valence-electron chi connectivity index (χ4n) is 3.62. The van der Waals surface area contributed by atoms with E-state index in [1.165, 1.54) is 0 Å². The number of piperidine rings is 1. The van der Waals surface area contributed by atoms with E-state index in [2.05, 4.69) is 20.4 Å². The van der Waals surface area contributed by atoms with Crippen molar-refractivity contribution in [3.05, 3.63) is 30.4 Å². The molecule has 8 heteroatoms. The first-order valence-electron chi connectivity index (χ1n) is 8.99. The highest BCUT2D eigenvalue weighted by atomic mass is 16.2. The van der Waals surface area contributed by atoms with E-state index in [0.717, 1.165) is 44.7 Å². The van der Waals surface area contributed by atoms with Gasteiger partial charge in [-0.3, -0.25) is 14.2 Å². The van der Waals surface area contributed by atoms with Gasteiger partial charge in [-0.1, -0.05) is 0 Å². The van der Waals surface area contributed by atoms with Crippen LogP contribution in [0.5, 0.6) is 0 Å². The van der Waals surface area contributed by atoms with Gasteiger partial charge in [0, 0.05) is 52.2 Å². The Morgan fingerprint density at radius 1 is 1.28 bits per heavy atom. The maximum Gasteiger partial charge on any atom is 0.274 e. The van der Waals surface area contributed by atoms with Gasteiger partial charge in [0.05, 0.1) is 17.9 Å². The maximum absolute atomic E-state index is 12.7. The van der Waals surface area contributed by atoms with Gasteiger partial charge in [0.2, 0.25) is 0 Å². The molecule has 0 radical (unpaired) electrons. The molecule has 2 aliphatic heterocycles. The summed E-state index contributed by atoms with van der Waals surface area (Å²) in [6, 6.07) is 2.21. The van der Waals surface area contributed by atoms with Crippen molar-refractivity contribution in [1.82, 2.24) is 29.8 Å². The smallest absolute Gasteiger partial charge is 0.274 e. The molecule has 0 saturated carbocycles. The molecule has 0 aromatic carbocycles. The molecule has 2 aromatic rings. The van der Waals surface area contributed by atoms with Gasteiger partial charge < -0.3 is 15.1 Å². The first kappa shape index (κ1) is 16.1. The number of aromatic nitrogens is 4. The molecule has 134 valence electrons. The highest BCUT2D eigenvalue weighted by molar-refractivity contribution is 5.92. The average Bonchev–Trinajstić information content (AvgIpc) is 3.31. The lowest BCUT2D eigenvalue weighted by Crippen LogP contribution is -2.48. The fraction of sp³-hybridized carbons (Fsp3) is 0.588. The largest absolute Gasteiger partial charge is 0.365 e. The normalized spacial score (nSPS) is 21.6. The molecule has 2 fully saturated rings. The molecular weight excluding hydrogens is 318 g/mol. The van der Waals surface area contributed by atoms with Crippen LogP contribution in [0.15, 0.2) is 24.7 Å². The van der Waals surface area contributed by atoms with Crippen LogP contribution < -0.4 is 10.2 Å². The molecule has 4 rings (SSSR count). The van der Waals surface area contributed by atoms with Crippen molar-refractivity contribution in [3.8, 4) is 0 Å². The van der Waals surface area contributed by atoms with E-state index in [0.29, 0.717) is 24.8 Å². The Bertz CT molecular complexity index is 723. The topological polar surface area (TPSA) is 71.2 Å². The van der Waals surface area contributed by atoms with Crippen molar-refractivity contribution in [1.29, 1.82) is 0 Å². The molecule has 8 nitrogen and oxygen atoms in total. The Morgan fingerprint density at radius 3 is 2.80 bits per heavy atom. The summed E-state index contributed by atoms with van der Waals surface area (Å²) in [5.41, 5.74) is 1.67. The third kappa shape index (κ3) is 3.39. The second-order valence-electron chi connectivity index (χ2n) is 6.83. The molecule has 1 unspecified atom stereocenters. The van der Waals surface area contributed by atoms with E-state index in [-0.39, 0.29) is 5.91 Å². The molecule has 25 heavy (non-hydrogen) atoms. The van der Waals surface area contributed by atoms with E-state index >= 15 is 0 Å². The third-order valence-corrected chi connectivity index (χ3v) is 5.10. The Labute approximate surface area is 147 Å². The third-order valence-electron chi connectivity index (χ3n) is 5.10. The van der Waals surface area contributed by atoms with Crippen molar-refractivity contribution in [2.24, 2.45) is 7.05 Å². The van der Waals surface area contributed by atoms with E-state index in [4.69, 9.17) is 0 Å². The van der Waals surface area contributed by atoms with Gasteiger partial charge >= 0.3 is 0 Å². The van der Waals surface area contributed by atoms with Crippen LogP contribution in [0, 0.1) is 0 Å². The van der Waals surface area contributed by atoms with Gasteiger partial charge in [0.25, 0.3) is 5.91 Å². The van der Waals surface area contributed by atoms with Crippen molar-refractivity contribution >= 4 is 11.6 Å². The zero-order valence-electron chi connectivity index (χ0n) is 14.6. The predicted molar refractivity (Wildman–Crippen MR) is 94.7 cm³/mol. The summed E-state index contributed by atoms with van der Waals surface area (Å²) >= 11 is 0. The SMILES string of the molecule is Cn1cc(N2CCN(C(=O)c3ccn(C4CCCNC4)n3)CC2)cn1. The monoisotopic (exact) mass is 343 g/mol. The number of carbonyl (C=O) groups excluding carboxylic acids is 1. The van der Waals surface area contributed by atoms with Crippen molar-refractivity contribution < 1.29 is 4.79 Å². The van der Waals surface area contributed by atoms with E-state index in [1.54, 1.807) is 4.68 Å². The van der Waals surface area contributed by atoms with Crippen molar-refractivity contribution in [3.63, 3.8) is 0 Å². The molecule has 1 amide bonds. The lowest BCUT2D eigenvalue weighted by atomic mass is 10.1. The van der Waals surface area contributed by atoms with E-state index < -0.39 is 0 Å². The first-order valence-corrected chi connectivity index (χ1v) is 8.99. The Morgan fingerprint density at radius 2 is 2.12 bits per heavy atom. The number of nitrogens with zero attached hydrogens (tertiary/aromatic N) is 6. The minimum atomic E-state index is 0.0355. The number of carbonyl (C=O) groups is 1. The molecule has 4 heterocycles. The number of amides is 1. The number of anilines is 1. The van der Waals surface area contributed by atoms with Gasteiger partial charge in [-0.2, -0.15) is 10.2 Å². The second kappa shape index (κ2) is 6.87. The average molecular weight is 343 g/mol. The van der Waals surface area contributed by atoms with Crippen LogP contribution in [0.2, 0.25) is 0 Å². The van der Waals surface area contributed by atoms with Gasteiger partial charge in [-0.05, 0) is 25.5 Å². The highest BCUT2D eigenvalue weighted by Crippen LogP contribution is 2.18. The summed E-state index contributed by atoms with van der Waals surface area (Å²) in [5.74, 6) is 0.0355. The first-order chi connectivity index (χ1) is 12.2. The van der Waals surface area contributed by atoms with Crippen LogP contribution in [0.4, 0.5) is 5.69 Å². The molecule has 1 atom stereocenters. The van der Waals surface area contributed by atoms with Crippen molar-refractivity contribution in [2.75, 3.05) is 44.2 Å². The number of hydrogen-bond donors (Lipinski definition) is 1. The number of hydrogen-bond acceptors (Lipinski definition) is 5. The number of rotatable bonds is 3. The molecule has 2 aliphatic rings. The maximum atomic E-state index is 12.7. The van der Waals surface area contributed by atoms with Gasteiger partial charge in [0.1, 0.15) is 5.69 Å². The summed E-state index contributed by atoms with van der Waals surface area (Å²) in [6.45, 7) is 5.08. The van der Waals surface area contributed by atoms with Crippen molar-refractivity contribution in [2.45, 2.75) is 18.9 Å². The minimum Gasteiger partial charge on any atom is -0.365 e. The summed E-state index contributed by atoms with van der Waals surface area (Å²) < 4.78 is 3.75. The quantitative estimate of drug-likeness (QED) is 0.879. The predicted octanol–water partition coefficient (Wildman–Crippen LogP) is 0.504. The molecule has 1 N–H and O–H groups in total. The molecule has 2 aromatic heterocycles. The van der Waals surface area contributed by atoms with Gasteiger partial charge in [0.15, 0.2) is 0 Å². The van der Waals surface area contributed by atoms with Crippen LogP contribution in [0.25, 0.3) is 0 Å². The molecule has 0 bridgehead atoms. The summed E-state index contributed by atoms with van der Waals surface area (Å²) in [7, 11) is 1.92. The van der Waals surface area contributed by atoms with Crippen LogP contribution in [-0.2, 0) is 7.05 Å². The zero-order valence-corrected chi connectivity index (χ0v) is 14.6. The fourth-order valence-corrected chi connectivity index (χ4v) is 3.62. The van der Waals surface area contributed by atoms with E-state index in [9.17, 15) is 4.79 Å². The summed E-state index contributed by atoms with van der Waals surface area (Å²) in [4.78, 5) is 16.9. The molecular formula is C17H25N7O. The molecule has 0 spiro atoms. The van der Waals surface area contributed by atoms with Crippen LogP contribution in [0.3, 0.4) is 0 Å². The van der Waals surface area contributed by atoms with Crippen LogP contribution >= 0.6 is 0 Å². The summed E-state index contributed by atoms with van der Waals surface area (Å²) in [6.07, 6.45) is 8.10. The van der Waals surface area contributed by atoms with Crippen LogP contribution in [-0.4, -0.2) is 69.6 Å². The Hall–Kier alpha value is -2.35. The second-order valence-corrected chi connectivity index (χ2v) is 6.83. The lowest BCUT2D eigenvalue weighted by Gasteiger charge is -2.35. The number of piperazine rings is 1. The zero-order chi connectivity index (χ0) is 17.2. The number of nitrogens with one attached hydrogen (secondary N) is 1. The highest BCUT2D eigenvalue weighted by Gasteiger charge is 2.25. The lowest BCUT2D eigenvalue weighted by molar-refractivity contribution is 0.0739. The minimum absolute atomic E-state index is 0.0355. The van der Waals surface area contributed by atoms with Gasteiger partial charge in [-0.25, -0.2) is 0 Å². The molecule has 2 saturated heterocycles. The van der Waals surface area contributed by atoms with E-state index in [1.807, 2.05) is 41.3 Å². The Kier molecular flexibility index (Phi) is 4.44. The molecule has 0 aliphatic carbocycles. The summed E-state index contributed by atoms with van der Waals surface area (Å²) in [5, 5.41) is 12.2. The Balaban J connectivity index is 1.36. The number of aryl methyl sites for hydroxylation is 1.